The topological polar surface area (TPSA) is 6.48 Å². The number of hydrogen-bond donors (Lipinski definition) is 1. The average Bonchev–Trinajstić information content (AvgIpc) is 2.73. The zero-order valence-corrected chi connectivity index (χ0v) is 13.3. The predicted molar refractivity (Wildman–Crippen MR) is 88.7 cm³/mol. The van der Waals surface area contributed by atoms with Crippen LogP contribution >= 0.6 is 12.6 Å². The van der Waals surface area contributed by atoms with Crippen LogP contribution < -0.4 is 0 Å². The molecule has 0 aromatic heterocycles. The van der Waals surface area contributed by atoms with Crippen molar-refractivity contribution in [3.63, 3.8) is 0 Å². The average molecular weight is 290 g/mol. The van der Waals surface area contributed by atoms with E-state index in [2.05, 4.69) is 59.8 Å². The van der Waals surface area contributed by atoms with Crippen LogP contribution in [0.5, 0.6) is 0 Å². The molecule has 1 aromatic carbocycles. The van der Waals surface area contributed by atoms with Gasteiger partial charge in [-0.2, -0.15) is 12.6 Å². The Morgan fingerprint density at radius 1 is 1.15 bits per heavy atom. The van der Waals surface area contributed by atoms with Crippen LogP contribution in [0.25, 0.3) is 0 Å². The van der Waals surface area contributed by atoms with Crippen molar-refractivity contribution in [2.24, 2.45) is 0 Å². The van der Waals surface area contributed by atoms with E-state index in [9.17, 15) is 0 Å². The second kappa shape index (κ2) is 6.50. The Kier molecular flexibility index (Phi) is 4.69. The smallest absolute Gasteiger partial charge is 0.0223 e. The van der Waals surface area contributed by atoms with Crippen LogP contribution in [0.4, 0.5) is 0 Å². The monoisotopic (exact) mass is 290 g/mol. The van der Waals surface area contributed by atoms with Gasteiger partial charge in [0.1, 0.15) is 0 Å². The number of rotatable bonds is 4. The normalized spacial score (nSPS) is 29.3. The standard InChI is InChI=1S/C17H26N2S/c1-18-16-7-8-17(18)12-19(10-9-16)11-15(13-20)14-5-3-2-4-6-14/h2-6,15-17,20H,7-13H2,1H3. The molecular weight excluding hydrogens is 264 g/mol. The third-order valence-corrected chi connectivity index (χ3v) is 5.64. The Morgan fingerprint density at radius 3 is 2.65 bits per heavy atom. The number of likely N-dealkylation sites (N-methyl/N-ethyl adjacent to an activating group) is 1. The molecule has 2 fully saturated rings. The lowest BCUT2D eigenvalue weighted by atomic mass is 9.99. The van der Waals surface area contributed by atoms with E-state index in [1.54, 1.807) is 0 Å². The van der Waals surface area contributed by atoms with Gasteiger partial charge in [-0.25, -0.2) is 0 Å². The fraction of sp³-hybridized carbons (Fsp3) is 0.647. The van der Waals surface area contributed by atoms with Crippen molar-refractivity contribution in [3.8, 4) is 0 Å². The van der Waals surface area contributed by atoms with Crippen LogP contribution in [0, 0.1) is 0 Å². The number of hydrogen-bond acceptors (Lipinski definition) is 3. The molecule has 3 unspecified atom stereocenters. The third-order valence-electron chi connectivity index (χ3n) is 5.20. The highest BCUT2D eigenvalue weighted by Crippen LogP contribution is 2.29. The lowest BCUT2D eigenvalue weighted by Gasteiger charge is -2.29. The summed E-state index contributed by atoms with van der Waals surface area (Å²) in [5.74, 6) is 1.49. The van der Waals surface area contributed by atoms with Crippen LogP contribution in [0.1, 0.15) is 30.7 Å². The Balaban J connectivity index is 1.65. The molecule has 0 spiro atoms. The lowest BCUT2D eigenvalue weighted by Crippen LogP contribution is -2.38. The van der Waals surface area contributed by atoms with Crippen molar-refractivity contribution in [1.29, 1.82) is 0 Å². The minimum atomic E-state index is 0.557. The molecule has 0 aliphatic carbocycles. The van der Waals surface area contributed by atoms with Gasteiger partial charge in [-0.3, -0.25) is 4.90 Å². The summed E-state index contributed by atoms with van der Waals surface area (Å²) in [6.07, 6.45) is 4.12. The van der Waals surface area contributed by atoms with Gasteiger partial charge in [0, 0.05) is 31.1 Å². The molecule has 3 rings (SSSR count). The SMILES string of the molecule is CN1C2CCC1CN(CC(CS)c1ccccc1)CC2. The van der Waals surface area contributed by atoms with E-state index in [1.165, 1.54) is 37.9 Å². The van der Waals surface area contributed by atoms with Crippen molar-refractivity contribution in [1.82, 2.24) is 9.80 Å². The zero-order valence-electron chi connectivity index (χ0n) is 12.4. The number of benzene rings is 1. The molecule has 3 heteroatoms. The van der Waals surface area contributed by atoms with Gasteiger partial charge in [-0.1, -0.05) is 30.3 Å². The lowest BCUT2D eigenvalue weighted by molar-refractivity contribution is 0.214. The van der Waals surface area contributed by atoms with Crippen LogP contribution in [-0.2, 0) is 0 Å². The molecule has 0 N–H and O–H groups in total. The first-order valence-electron chi connectivity index (χ1n) is 7.88. The van der Waals surface area contributed by atoms with Crippen molar-refractivity contribution >= 4 is 12.6 Å². The highest BCUT2D eigenvalue weighted by molar-refractivity contribution is 7.80. The molecule has 2 heterocycles. The van der Waals surface area contributed by atoms with Gasteiger partial charge in [-0.15, -0.1) is 0 Å². The molecule has 110 valence electrons. The molecule has 2 aliphatic heterocycles. The Labute approximate surface area is 128 Å². The number of nitrogens with zero attached hydrogens (tertiary/aromatic N) is 2. The number of thiol groups is 1. The second-order valence-electron chi connectivity index (χ2n) is 6.39. The maximum Gasteiger partial charge on any atom is 0.0223 e. The summed E-state index contributed by atoms with van der Waals surface area (Å²) in [5.41, 5.74) is 1.44. The van der Waals surface area contributed by atoms with Gasteiger partial charge in [0.25, 0.3) is 0 Å². The van der Waals surface area contributed by atoms with Gasteiger partial charge < -0.3 is 4.90 Å². The first kappa shape index (κ1) is 14.4. The quantitative estimate of drug-likeness (QED) is 0.852. The first-order chi connectivity index (χ1) is 9.78. The summed E-state index contributed by atoms with van der Waals surface area (Å²) in [5, 5.41) is 0. The minimum Gasteiger partial charge on any atom is -0.301 e. The summed E-state index contributed by atoms with van der Waals surface area (Å²) >= 11 is 4.59. The van der Waals surface area contributed by atoms with Crippen LogP contribution in [0.3, 0.4) is 0 Å². The largest absolute Gasteiger partial charge is 0.301 e. The van der Waals surface area contributed by atoms with Crippen molar-refractivity contribution < 1.29 is 0 Å². The van der Waals surface area contributed by atoms with E-state index < -0.39 is 0 Å². The van der Waals surface area contributed by atoms with E-state index in [0.29, 0.717) is 5.92 Å². The highest BCUT2D eigenvalue weighted by Gasteiger charge is 2.34. The Bertz CT molecular complexity index is 422. The van der Waals surface area contributed by atoms with Gasteiger partial charge in [-0.05, 0) is 44.2 Å². The maximum atomic E-state index is 4.59. The molecule has 0 radical (unpaired) electrons. The van der Waals surface area contributed by atoms with Gasteiger partial charge in [0.15, 0.2) is 0 Å². The molecular formula is C17H26N2S. The van der Waals surface area contributed by atoms with Crippen molar-refractivity contribution in [3.05, 3.63) is 35.9 Å². The second-order valence-corrected chi connectivity index (χ2v) is 6.75. The molecule has 0 saturated carbocycles. The molecule has 2 bridgehead atoms. The molecule has 0 amide bonds. The van der Waals surface area contributed by atoms with Crippen LogP contribution in [0.15, 0.2) is 30.3 Å². The van der Waals surface area contributed by atoms with Gasteiger partial charge in [0.05, 0.1) is 0 Å². The zero-order chi connectivity index (χ0) is 13.9. The van der Waals surface area contributed by atoms with E-state index in [1.807, 2.05) is 0 Å². The summed E-state index contributed by atoms with van der Waals surface area (Å²) in [6, 6.07) is 12.5. The molecule has 2 aliphatic rings. The van der Waals surface area contributed by atoms with Gasteiger partial charge in [0.2, 0.25) is 0 Å². The van der Waals surface area contributed by atoms with Crippen LogP contribution in [0.2, 0.25) is 0 Å². The van der Waals surface area contributed by atoms with Gasteiger partial charge >= 0.3 is 0 Å². The summed E-state index contributed by atoms with van der Waals surface area (Å²) in [7, 11) is 2.32. The summed E-state index contributed by atoms with van der Waals surface area (Å²) in [4.78, 5) is 5.30. The Hall–Kier alpha value is -0.510. The fourth-order valence-corrected chi connectivity index (χ4v) is 4.18. The molecule has 3 atom stereocenters. The molecule has 2 nitrogen and oxygen atoms in total. The predicted octanol–water partition coefficient (Wildman–Crippen LogP) is 2.87. The summed E-state index contributed by atoms with van der Waals surface area (Å²) < 4.78 is 0. The minimum absolute atomic E-state index is 0.557. The third kappa shape index (κ3) is 3.05. The molecule has 1 aromatic rings. The van der Waals surface area contributed by atoms with Crippen molar-refractivity contribution in [2.45, 2.75) is 37.3 Å². The fourth-order valence-electron chi connectivity index (χ4n) is 3.85. The van der Waals surface area contributed by atoms with E-state index >= 15 is 0 Å². The maximum absolute atomic E-state index is 4.59. The number of likely N-dealkylation sites (tertiary alicyclic amines) is 1. The van der Waals surface area contributed by atoms with E-state index in [-0.39, 0.29) is 0 Å². The Morgan fingerprint density at radius 2 is 1.90 bits per heavy atom. The van der Waals surface area contributed by atoms with E-state index in [0.717, 1.165) is 24.4 Å². The first-order valence-corrected chi connectivity index (χ1v) is 8.51. The van der Waals surface area contributed by atoms with Crippen LogP contribution in [-0.4, -0.2) is 54.3 Å². The molecule has 2 saturated heterocycles. The van der Waals surface area contributed by atoms with E-state index in [4.69, 9.17) is 0 Å². The highest BCUT2D eigenvalue weighted by atomic mass is 32.1. The summed E-state index contributed by atoms with van der Waals surface area (Å²) in [6.45, 7) is 3.65. The molecule has 20 heavy (non-hydrogen) atoms. The van der Waals surface area contributed by atoms with Crippen molar-refractivity contribution in [2.75, 3.05) is 32.4 Å². The number of fused-ring (bicyclic) bond motifs is 2.